The van der Waals surface area contributed by atoms with E-state index in [-0.39, 0.29) is 0 Å². The minimum atomic E-state index is 0.415. The van der Waals surface area contributed by atoms with Crippen molar-refractivity contribution in [1.82, 2.24) is 10.6 Å². The fourth-order valence-corrected chi connectivity index (χ4v) is 1.55. The Morgan fingerprint density at radius 3 is 2.67 bits per heavy atom. The van der Waals surface area contributed by atoms with Crippen molar-refractivity contribution in [3.8, 4) is 0 Å². The van der Waals surface area contributed by atoms with E-state index in [0.29, 0.717) is 5.41 Å². The van der Waals surface area contributed by atoms with Crippen molar-refractivity contribution < 1.29 is 0 Å². The van der Waals surface area contributed by atoms with Crippen LogP contribution >= 0.6 is 0 Å². The fraction of sp³-hybridized carbons (Fsp3) is 1.00. The summed E-state index contributed by atoms with van der Waals surface area (Å²) in [4.78, 5) is 0. The molecule has 0 bridgehead atoms. The van der Waals surface area contributed by atoms with Crippen molar-refractivity contribution in [3.63, 3.8) is 0 Å². The minimum Gasteiger partial charge on any atom is -0.315 e. The van der Waals surface area contributed by atoms with Crippen LogP contribution in [0.3, 0.4) is 0 Å². The van der Waals surface area contributed by atoms with E-state index in [1.165, 1.54) is 19.4 Å². The first kappa shape index (κ1) is 10.0. The average Bonchev–Trinajstić information content (AvgIpc) is 2.36. The highest BCUT2D eigenvalue weighted by Gasteiger charge is 2.15. The van der Waals surface area contributed by atoms with Gasteiger partial charge in [0.1, 0.15) is 0 Å². The molecule has 0 aromatic heterocycles. The summed E-state index contributed by atoms with van der Waals surface area (Å²) in [6.07, 6.45) is 2.69. The van der Waals surface area contributed by atoms with E-state index in [0.717, 1.165) is 19.1 Å². The molecule has 1 heterocycles. The van der Waals surface area contributed by atoms with E-state index >= 15 is 0 Å². The van der Waals surface area contributed by atoms with Crippen LogP contribution in [0.1, 0.15) is 33.6 Å². The molecule has 0 radical (unpaired) electrons. The average molecular weight is 170 g/mol. The normalized spacial score (nSPS) is 24.8. The van der Waals surface area contributed by atoms with Crippen molar-refractivity contribution in [3.05, 3.63) is 0 Å². The zero-order valence-electron chi connectivity index (χ0n) is 8.61. The summed E-state index contributed by atoms with van der Waals surface area (Å²) in [6.45, 7) is 10.3. The van der Waals surface area contributed by atoms with Crippen LogP contribution in [0.2, 0.25) is 0 Å². The fourth-order valence-electron chi connectivity index (χ4n) is 1.55. The molecule has 0 amide bonds. The number of nitrogens with one attached hydrogen (secondary N) is 2. The third-order valence-electron chi connectivity index (χ3n) is 2.21. The largest absolute Gasteiger partial charge is 0.315 e. The zero-order valence-corrected chi connectivity index (χ0v) is 8.61. The molecule has 1 rings (SSSR count). The van der Waals surface area contributed by atoms with Gasteiger partial charge in [-0.15, -0.1) is 0 Å². The molecular formula is C10H22N2. The summed E-state index contributed by atoms with van der Waals surface area (Å²) in [6, 6.07) is 0.729. The maximum atomic E-state index is 3.50. The Bertz CT molecular complexity index is 120. The van der Waals surface area contributed by atoms with Crippen LogP contribution in [-0.2, 0) is 0 Å². The topological polar surface area (TPSA) is 24.1 Å². The lowest BCUT2D eigenvalue weighted by molar-refractivity contribution is 0.369. The minimum absolute atomic E-state index is 0.415. The molecule has 1 atom stereocenters. The molecule has 0 aromatic carbocycles. The first-order chi connectivity index (χ1) is 5.58. The number of hydrogen-bond donors (Lipinski definition) is 2. The molecule has 2 nitrogen and oxygen atoms in total. The second-order valence-electron chi connectivity index (χ2n) is 4.98. The summed E-state index contributed by atoms with van der Waals surface area (Å²) in [5.41, 5.74) is 0.415. The van der Waals surface area contributed by atoms with Gasteiger partial charge in [-0.1, -0.05) is 20.8 Å². The standard InChI is InChI=1S/C10H22N2/c1-10(2,3)8-11-7-9-5-4-6-12-9/h9,11-12H,4-8H2,1-3H3. The molecule has 0 aromatic rings. The van der Waals surface area contributed by atoms with Crippen molar-refractivity contribution in [2.75, 3.05) is 19.6 Å². The first-order valence-corrected chi connectivity index (χ1v) is 5.02. The van der Waals surface area contributed by atoms with Crippen LogP contribution in [0.5, 0.6) is 0 Å². The van der Waals surface area contributed by atoms with E-state index in [1.54, 1.807) is 0 Å². The van der Waals surface area contributed by atoms with Gasteiger partial charge in [0, 0.05) is 19.1 Å². The second kappa shape index (κ2) is 4.24. The highest BCUT2D eigenvalue weighted by Crippen LogP contribution is 2.10. The van der Waals surface area contributed by atoms with Crippen molar-refractivity contribution in [2.45, 2.75) is 39.7 Å². The van der Waals surface area contributed by atoms with Crippen LogP contribution in [0.15, 0.2) is 0 Å². The van der Waals surface area contributed by atoms with Gasteiger partial charge in [-0.25, -0.2) is 0 Å². The van der Waals surface area contributed by atoms with Crippen molar-refractivity contribution in [1.29, 1.82) is 0 Å². The Morgan fingerprint density at radius 2 is 2.17 bits per heavy atom. The highest BCUT2D eigenvalue weighted by molar-refractivity contribution is 4.77. The molecule has 1 unspecified atom stereocenters. The number of rotatable bonds is 3. The molecule has 2 N–H and O–H groups in total. The predicted octanol–water partition coefficient (Wildman–Crippen LogP) is 1.37. The summed E-state index contributed by atoms with van der Waals surface area (Å²) in [7, 11) is 0. The summed E-state index contributed by atoms with van der Waals surface area (Å²) >= 11 is 0. The van der Waals surface area contributed by atoms with Crippen LogP contribution in [0.4, 0.5) is 0 Å². The molecule has 12 heavy (non-hydrogen) atoms. The lowest BCUT2D eigenvalue weighted by atomic mass is 9.97. The summed E-state index contributed by atoms with van der Waals surface area (Å²) in [5.74, 6) is 0. The van der Waals surface area contributed by atoms with E-state index in [1.807, 2.05) is 0 Å². The molecule has 2 heteroatoms. The SMILES string of the molecule is CC(C)(C)CNCC1CCCN1. The summed E-state index contributed by atoms with van der Waals surface area (Å²) < 4.78 is 0. The molecule has 1 saturated heterocycles. The van der Waals surface area contributed by atoms with Gasteiger partial charge in [-0.3, -0.25) is 0 Å². The second-order valence-corrected chi connectivity index (χ2v) is 4.98. The molecule has 1 aliphatic heterocycles. The van der Waals surface area contributed by atoms with Gasteiger partial charge < -0.3 is 10.6 Å². The predicted molar refractivity (Wildman–Crippen MR) is 53.3 cm³/mol. The molecule has 0 saturated carbocycles. The Hall–Kier alpha value is -0.0800. The monoisotopic (exact) mass is 170 g/mol. The number of hydrogen-bond acceptors (Lipinski definition) is 2. The lowest BCUT2D eigenvalue weighted by Crippen LogP contribution is -2.37. The third kappa shape index (κ3) is 4.07. The molecule has 72 valence electrons. The van der Waals surface area contributed by atoms with Gasteiger partial charge >= 0.3 is 0 Å². The van der Waals surface area contributed by atoms with E-state index in [9.17, 15) is 0 Å². The van der Waals surface area contributed by atoms with Crippen LogP contribution < -0.4 is 10.6 Å². The zero-order chi connectivity index (χ0) is 9.03. The highest BCUT2D eigenvalue weighted by atomic mass is 15.0. The van der Waals surface area contributed by atoms with Crippen molar-refractivity contribution >= 4 is 0 Å². The maximum absolute atomic E-state index is 3.50. The van der Waals surface area contributed by atoms with E-state index in [2.05, 4.69) is 31.4 Å². The van der Waals surface area contributed by atoms with E-state index < -0.39 is 0 Å². The molecular weight excluding hydrogens is 148 g/mol. The van der Waals surface area contributed by atoms with Gasteiger partial charge in [0.2, 0.25) is 0 Å². The Morgan fingerprint density at radius 1 is 1.42 bits per heavy atom. The lowest BCUT2D eigenvalue weighted by Gasteiger charge is -2.20. The van der Waals surface area contributed by atoms with Gasteiger partial charge in [0.25, 0.3) is 0 Å². The van der Waals surface area contributed by atoms with Gasteiger partial charge in [-0.05, 0) is 24.8 Å². The quantitative estimate of drug-likeness (QED) is 0.668. The Labute approximate surface area is 76.1 Å². The van der Waals surface area contributed by atoms with E-state index in [4.69, 9.17) is 0 Å². The van der Waals surface area contributed by atoms with Crippen LogP contribution in [0.25, 0.3) is 0 Å². The maximum Gasteiger partial charge on any atom is 0.0192 e. The van der Waals surface area contributed by atoms with Gasteiger partial charge in [0.15, 0.2) is 0 Å². The summed E-state index contributed by atoms with van der Waals surface area (Å²) in [5, 5.41) is 6.99. The van der Waals surface area contributed by atoms with Crippen LogP contribution in [-0.4, -0.2) is 25.7 Å². The van der Waals surface area contributed by atoms with Gasteiger partial charge in [-0.2, -0.15) is 0 Å². The molecule has 1 aliphatic rings. The van der Waals surface area contributed by atoms with Crippen molar-refractivity contribution in [2.24, 2.45) is 5.41 Å². The third-order valence-corrected chi connectivity index (χ3v) is 2.21. The molecule has 1 fully saturated rings. The Balaban J connectivity index is 2.02. The first-order valence-electron chi connectivity index (χ1n) is 5.02. The van der Waals surface area contributed by atoms with Gasteiger partial charge in [0.05, 0.1) is 0 Å². The molecule has 0 aliphatic carbocycles. The van der Waals surface area contributed by atoms with Crippen LogP contribution in [0, 0.1) is 5.41 Å². The smallest absolute Gasteiger partial charge is 0.0192 e. The molecule has 0 spiro atoms. The Kier molecular flexibility index (Phi) is 3.53.